The molecule has 7 nitrogen and oxygen atoms in total. The first-order chi connectivity index (χ1) is 14.9. The second-order valence-electron chi connectivity index (χ2n) is 10.9. The van der Waals surface area contributed by atoms with Crippen molar-refractivity contribution in [3.8, 4) is 0 Å². The van der Waals surface area contributed by atoms with Crippen LogP contribution in [0.4, 0.5) is 0 Å². The van der Waals surface area contributed by atoms with Gasteiger partial charge in [-0.1, -0.05) is 25.5 Å². The summed E-state index contributed by atoms with van der Waals surface area (Å²) in [5.41, 5.74) is -1.61. The van der Waals surface area contributed by atoms with Gasteiger partial charge >= 0.3 is 11.9 Å². The Hall–Kier alpha value is -1.73. The molecule has 9 atom stereocenters. The minimum absolute atomic E-state index is 0.0559. The fourth-order valence-electron chi connectivity index (χ4n) is 7.97. The highest BCUT2D eigenvalue weighted by atomic mass is 16.6. The Morgan fingerprint density at radius 1 is 1.03 bits per heavy atom. The first-order valence-electron chi connectivity index (χ1n) is 11.8. The number of fused-ring (bicyclic) bond motifs is 5. The summed E-state index contributed by atoms with van der Waals surface area (Å²) in [6, 6.07) is 0. The van der Waals surface area contributed by atoms with Crippen LogP contribution >= 0.6 is 0 Å². The lowest BCUT2D eigenvalue weighted by molar-refractivity contribution is -0.273. The summed E-state index contributed by atoms with van der Waals surface area (Å²) in [5, 5.41) is 22.6. The van der Waals surface area contributed by atoms with Crippen molar-refractivity contribution >= 4 is 17.7 Å². The van der Waals surface area contributed by atoms with Crippen molar-refractivity contribution in [2.75, 3.05) is 0 Å². The van der Waals surface area contributed by atoms with E-state index in [-0.39, 0.29) is 17.6 Å². The van der Waals surface area contributed by atoms with Crippen molar-refractivity contribution < 1.29 is 34.1 Å². The van der Waals surface area contributed by atoms with Crippen LogP contribution in [-0.2, 0) is 23.9 Å². The average molecular weight is 449 g/mol. The summed E-state index contributed by atoms with van der Waals surface area (Å²) in [5.74, 6) is -2.10. The van der Waals surface area contributed by atoms with Gasteiger partial charge in [-0.15, -0.1) is 0 Å². The normalized spacial score (nSPS) is 47.4. The molecule has 0 aromatic rings. The van der Waals surface area contributed by atoms with Crippen molar-refractivity contribution in [2.24, 2.45) is 28.6 Å². The molecule has 0 unspecified atom stereocenters. The molecule has 0 saturated heterocycles. The standard InChI is InChI=1S/C25H36O7/c1-13(26)18-9-11-25(30)19-7-6-16-12-17(29)8-10-23(16,4)20(19)21(31-14(2)27)22(24(18,25)5)32-15(3)28/h6,17-22,29-30H,7-12H2,1-5H3/t17-,18+,19+,20+,21-,22+,23-,24-,25-/m0/s1. The molecule has 0 aromatic heterocycles. The number of ether oxygens (including phenoxy) is 2. The molecule has 0 aromatic carbocycles. The Morgan fingerprint density at radius 2 is 1.69 bits per heavy atom. The molecule has 0 amide bonds. The number of ketones is 1. The van der Waals surface area contributed by atoms with Gasteiger partial charge in [0.2, 0.25) is 0 Å². The number of hydrogen-bond donors (Lipinski definition) is 2. The third-order valence-electron chi connectivity index (χ3n) is 9.39. The highest BCUT2D eigenvalue weighted by molar-refractivity contribution is 5.80. The van der Waals surface area contributed by atoms with E-state index in [2.05, 4.69) is 13.0 Å². The average Bonchev–Trinajstić information content (AvgIpc) is 2.97. The molecule has 0 bridgehead atoms. The Morgan fingerprint density at radius 3 is 2.28 bits per heavy atom. The van der Waals surface area contributed by atoms with Gasteiger partial charge in [0.05, 0.1) is 11.7 Å². The second-order valence-corrected chi connectivity index (χ2v) is 10.9. The van der Waals surface area contributed by atoms with Gasteiger partial charge in [-0.05, 0) is 56.8 Å². The number of esters is 2. The van der Waals surface area contributed by atoms with Crippen LogP contribution in [0.5, 0.6) is 0 Å². The van der Waals surface area contributed by atoms with Gasteiger partial charge in [-0.25, -0.2) is 0 Å². The maximum absolute atomic E-state index is 12.7. The lowest BCUT2D eigenvalue weighted by Crippen LogP contribution is -2.72. The van der Waals surface area contributed by atoms with E-state index in [1.165, 1.54) is 20.8 Å². The van der Waals surface area contributed by atoms with Crippen molar-refractivity contribution in [3.63, 3.8) is 0 Å². The summed E-state index contributed by atoms with van der Waals surface area (Å²) in [6.45, 7) is 8.11. The van der Waals surface area contributed by atoms with Crippen LogP contribution < -0.4 is 0 Å². The molecule has 3 saturated carbocycles. The second kappa shape index (κ2) is 7.66. The van der Waals surface area contributed by atoms with Gasteiger partial charge in [0.25, 0.3) is 0 Å². The first kappa shape index (κ1) is 23.4. The van der Waals surface area contributed by atoms with Gasteiger partial charge in [-0.2, -0.15) is 0 Å². The summed E-state index contributed by atoms with van der Waals surface area (Å²) in [6.07, 6.45) is 3.38. The predicted molar refractivity (Wildman–Crippen MR) is 115 cm³/mol. The molecule has 7 heteroatoms. The van der Waals surface area contributed by atoms with Crippen LogP contribution in [0.1, 0.15) is 73.1 Å². The van der Waals surface area contributed by atoms with Crippen molar-refractivity contribution in [3.05, 3.63) is 11.6 Å². The molecule has 4 aliphatic rings. The van der Waals surface area contributed by atoms with Gasteiger partial charge in [0, 0.05) is 31.1 Å². The molecule has 0 aliphatic heterocycles. The molecule has 4 rings (SSSR count). The molecule has 4 aliphatic carbocycles. The number of aliphatic hydroxyl groups excluding tert-OH is 1. The van der Waals surface area contributed by atoms with Crippen molar-refractivity contribution in [2.45, 2.75) is 97.1 Å². The highest BCUT2D eigenvalue weighted by Gasteiger charge is 2.75. The minimum atomic E-state index is -1.24. The highest BCUT2D eigenvalue weighted by Crippen LogP contribution is 2.69. The molecule has 0 radical (unpaired) electrons. The lowest BCUT2D eigenvalue weighted by Gasteiger charge is -2.64. The molecular formula is C25H36O7. The fourth-order valence-corrected chi connectivity index (χ4v) is 7.97. The molecule has 0 heterocycles. The molecule has 3 fully saturated rings. The molecular weight excluding hydrogens is 412 g/mol. The van der Waals surface area contributed by atoms with Crippen LogP contribution in [0, 0.1) is 28.6 Å². The van der Waals surface area contributed by atoms with Crippen molar-refractivity contribution in [1.29, 1.82) is 0 Å². The predicted octanol–water partition coefficient (Wildman–Crippen LogP) is 2.71. The number of carbonyl (C=O) groups is 3. The van der Waals surface area contributed by atoms with Gasteiger partial charge in [0.1, 0.15) is 18.0 Å². The third kappa shape index (κ3) is 3.11. The Balaban J connectivity index is 1.93. The van der Waals surface area contributed by atoms with E-state index in [1.54, 1.807) is 0 Å². The van der Waals surface area contributed by atoms with Gasteiger partial charge in [-0.3, -0.25) is 14.4 Å². The number of carbonyl (C=O) groups excluding carboxylic acids is 3. The summed E-state index contributed by atoms with van der Waals surface area (Å²) >= 11 is 0. The van der Waals surface area contributed by atoms with E-state index in [1.807, 2.05) is 6.92 Å². The van der Waals surface area contributed by atoms with Crippen LogP contribution in [0.25, 0.3) is 0 Å². The topological polar surface area (TPSA) is 110 Å². The Kier molecular flexibility index (Phi) is 5.61. The van der Waals surface area contributed by atoms with Crippen LogP contribution in [-0.4, -0.2) is 51.8 Å². The summed E-state index contributed by atoms with van der Waals surface area (Å²) in [4.78, 5) is 37.2. The maximum Gasteiger partial charge on any atom is 0.303 e. The van der Waals surface area contributed by atoms with E-state index in [0.29, 0.717) is 38.5 Å². The minimum Gasteiger partial charge on any atom is -0.458 e. The zero-order valence-corrected chi connectivity index (χ0v) is 19.7. The zero-order valence-electron chi connectivity index (χ0n) is 19.7. The van der Waals surface area contributed by atoms with E-state index in [4.69, 9.17) is 9.47 Å². The van der Waals surface area contributed by atoms with E-state index >= 15 is 0 Å². The smallest absolute Gasteiger partial charge is 0.303 e. The fraction of sp³-hybridized carbons (Fsp3) is 0.800. The lowest BCUT2D eigenvalue weighted by atomic mass is 9.44. The van der Waals surface area contributed by atoms with Gasteiger partial charge in [0.15, 0.2) is 0 Å². The zero-order chi connectivity index (χ0) is 23.6. The Labute approximate surface area is 189 Å². The SMILES string of the molecule is CC(=O)O[C@H]1[C@H]2[C@@H](CC=C3C[C@@H](O)CC[C@@]32C)[C@@]2(O)CC[C@H](C(C)=O)[C@@]2(C)[C@@H]1OC(C)=O. The van der Waals surface area contributed by atoms with E-state index in [9.17, 15) is 24.6 Å². The molecule has 178 valence electrons. The summed E-state index contributed by atoms with van der Waals surface area (Å²) in [7, 11) is 0. The number of rotatable bonds is 3. The molecule has 2 N–H and O–H groups in total. The van der Waals surface area contributed by atoms with E-state index in [0.717, 1.165) is 5.57 Å². The number of aliphatic hydroxyl groups is 2. The Bertz CT molecular complexity index is 864. The maximum atomic E-state index is 12.7. The number of Topliss-reactive ketones (excluding diaryl/α,β-unsaturated/α-hetero) is 1. The van der Waals surface area contributed by atoms with Gasteiger partial charge < -0.3 is 19.7 Å². The molecule has 0 spiro atoms. The van der Waals surface area contributed by atoms with Crippen LogP contribution in [0.15, 0.2) is 11.6 Å². The number of allylic oxidation sites excluding steroid dienone is 1. The van der Waals surface area contributed by atoms with Crippen LogP contribution in [0.2, 0.25) is 0 Å². The quantitative estimate of drug-likeness (QED) is 0.504. The van der Waals surface area contributed by atoms with E-state index < -0.39 is 52.6 Å². The molecule has 32 heavy (non-hydrogen) atoms. The largest absolute Gasteiger partial charge is 0.458 e. The number of hydrogen-bond acceptors (Lipinski definition) is 7. The first-order valence-corrected chi connectivity index (χ1v) is 11.8. The summed E-state index contributed by atoms with van der Waals surface area (Å²) < 4.78 is 11.8. The van der Waals surface area contributed by atoms with Crippen molar-refractivity contribution in [1.82, 2.24) is 0 Å². The van der Waals surface area contributed by atoms with Crippen LogP contribution in [0.3, 0.4) is 0 Å². The third-order valence-corrected chi connectivity index (χ3v) is 9.39. The monoisotopic (exact) mass is 448 g/mol.